The highest BCUT2D eigenvalue weighted by Gasteiger charge is 2.19. The molecule has 1 aliphatic rings. The zero-order chi connectivity index (χ0) is 13.2. The minimum absolute atomic E-state index is 0.0330. The molecule has 0 amide bonds. The summed E-state index contributed by atoms with van der Waals surface area (Å²) >= 11 is 0. The number of aryl methyl sites for hydroxylation is 1. The van der Waals surface area contributed by atoms with Crippen LogP contribution in [0.3, 0.4) is 0 Å². The van der Waals surface area contributed by atoms with E-state index in [0.717, 1.165) is 36.9 Å². The zero-order valence-electron chi connectivity index (χ0n) is 10.5. The van der Waals surface area contributed by atoms with Crippen LogP contribution in [0.15, 0.2) is 12.7 Å². The molecule has 7 heteroatoms. The molecular formula is C12H13N5O2. The molecule has 1 aliphatic carbocycles. The van der Waals surface area contributed by atoms with E-state index in [2.05, 4.69) is 24.8 Å². The standard InChI is InChI=1S/C12H13N5O2/c1-19-12(18)10-15-7-17(16-10)11-8-4-2-3-5-9(8)13-6-14-11/h6-7H,2-5H2,1H3. The zero-order valence-corrected chi connectivity index (χ0v) is 10.5. The van der Waals surface area contributed by atoms with Crippen molar-refractivity contribution in [3.63, 3.8) is 0 Å². The summed E-state index contributed by atoms with van der Waals surface area (Å²) in [5, 5.41) is 4.10. The first kappa shape index (κ1) is 11.8. The van der Waals surface area contributed by atoms with Gasteiger partial charge in [0.2, 0.25) is 0 Å². The Bertz CT molecular complexity index is 622. The van der Waals surface area contributed by atoms with E-state index in [4.69, 9.17) is 0 Å². The molecule has 7 nitrogen and oxygen atoms in total. The number of nitrogens with zero attached hydrogens (tertiary/aromatic N) is 5. The van der Waals surface area contributed by atoms with Gasteiger partial charge in [0.15, 0.2) is 5.82 Å². The van der Waals surface area contributed by atoms with Gasteiger partial charge in [-0.05, 0) is 25.7 Å². The van der Waals surface area contributed by atoms with Crippen molar-refractivity contribution in [1.82, 2.24) is 24.7 Å². The Morgan fingerprint density at radius 1 is 1.26 bits per heavy atom. The number of esters is 1. The van der Waals surface area contributed by atoms with Crippen LogP contribution >= 0.6 is 0 Å². The molecule has 0 aromatic carbocycles. The van der Waals surface area contributed by atoms with E-state index in [0.29, 0.717) is 5.82 Å². The van der Waals surface area contributed by atoms with Gasteiger partial charge in [-0.15, -0.1) is 5.10 Å². The van der Waals surface area contributed by atoms with Crippen LogP contribution < -0.4 is 0 Å². The molecule has 0 radical (unpaired) electrons. The smallest absolute Gasteiger partial charge is 0.377 e. The number of hydrogen-bond acceptors (Lipinski definition) is 6. The second-order valence-corrected chi connectivity index (χ2v) is 4.33. The van der Waals surface area contributed by atoms with Gasteiger partial charge in [0.1, 0.15) is 12.7 Å². The van der Waals surface area contributed by atoms with Crippen LogP contribution in [0.5, 0.6) is 0 Å². The van der Waals surface area contributed by atoms with Crippen molar-refractivity contribution in [1.29, 1.82) is 0 Å². The summed E-state index contributed by atoms with van der Waals surface area (Å²) in [5.74, 6) is 0.180. The Morgan fingerprint density at radius 2 is 2.11 bits per heavy atom. The van der Waals surface area contributed by atoms with Crippen LogP contribution in [0.25, 0.3) is 5.82 Å². The number of aromatic nitrogens is 5. The van der Waals surface area contributed by atoms with Gasteiger partial charge in [-0.25, -0.2) is 24.4 Å². The van der Waals surface area contributed by atoms with Gasteiger partial charge in [0.05, 0.1) is 7.11 Å². The lowest BCUT2D eigenvalue weighted by atomic mass is 9.96. The van der Waals surface area contributed by atoms with E-state index < -0.39 is 5.97 Å². The average molecular weight is 259 g/mol. The molecule has 19 heavy (non-hydrogen) atoms. The Labute approximate surface area is 109 Å². The molecule has 98 valence electrons. The van der Waals surface area contributed by atoms with Crippen molar-refractivity contribution >= 4 is 5.97 Å². The molecule has 0 fully saturated rings. The van der Waals surface area contributed by atoms with E-state index in [9.17, 15) is 4.79 Å². The van der Waals surface area contributed by atoms with Crippen LogP contribution in [0, 0.1) is 0 Å². The first-order chi connectivity index (χ1) is 9.29. The van der Waals surface area contributed by atoms with Crippen LogP contribution in [0.1, 0.15) is 34.7 Å². The number of ether oxygens (including phenoxy) is 1. The maximum absolute atomic E-state index is 11.4. The van der Waals surface area contributed by atoms with Gasteiger partial charge in [-0.2, -0.15) is 0 Å². The third-order valence-corrected chi connectivity index (χ3v) is 3.18. The van der Waals surface area contributed by atoms with Gasteiger partial charge >= 0.3 is 5.97 Å². The second-order valence-electron chi connectivity index (χ2n) is 4.33. The molecule has 0 N–H and O–H groups in total. The van der Waals surface area contributed by atoms with E-state index in [1.54, 1.807) is 0 Å². The van der Waals surface area contributed by atoms with Crippen molar-refractivity contribution in [2.45, 2.75) is 25.7 Å². The minimum Gasteiger partial charge on any atom is -0.463 e. The first-order valence-electron chi connectivity index (χ1n) is 6.12. The summed E-state index contributed by atoms with van der Waals surface area (Å²) in [6.07, 6.45) is 7.16. The van der Waals surface area contributed by atoms with E-state index in [1.165, 1.54) is 24.4 Å². The van der Waals surface area contributed by atoms with Crippen molar-refractivity contribution in [2.24, 2.45) is 0 Å². The highest BCUT2D eigenvalue weighted by atomic mass is 16.5. The predicted octanol–water partition coefficient (Wildman–Crippen LogP) is 0.723. The Morgan fingerprint density at radius 3 is 2.95 bits per heavy atom. The largest absolute Gasteiger partial charge is 0.463 e. The molecule has 0 bridgehead atoms. The summed E-state index contributed by atoms with van der Waals surface area (Å²) in [4.78, 5) is 23.8. The van der Waals surface area contributed by atoms with Crippen molar-refractivity contribution in [3.05, 3.63) is 29.7 Å². The molecule has 0 unspecified atom stereocenters. The maximum atomic E-state index is 11.4. The van der Waals surface area contributed by atoms with Crippen molar-refractivity contribution < 1.29 is 9.53 Å². The first-order valence-corrected chi connectivity index (χ1v) is 6.12. The topological polar surface area (TPSA) is 82.8 Å². The Kier molecular flexibility index (Phi) is 2.94. The van der Waals surface area contributed by atoms with Crippen LogP contribution in [0.2, 0.25) is 0 Å². The van der Waals surface area contributed by atoms with Crippen LogP contribution in [0.4, 0.5) is 0 Å². The van der Waals surface area contributed by atoms with Gasteiger partial charge in [-0.1, -0.05) is 0 Å². The van der Waals surface area contributed by atoms with E-state index >= 15 is 0 Å². The van der Waals surface area contributed by atoms with Crippen LogP contribution in [-0.2, 0) is 17.6 Å². The predicted molar refractivity (Wildman–Crippen MR) is 64.9 cm³/mol. The number of carbonyl (C=O) groups is 1. The quantitative estimate of drug-likeness (QED) is 0.739. The molecule has 0 aliphatic heterocycles. The van der Waals surface area contributed by atoms with Crippen molar-refractivity contribution in [3.8, 4) is 5.82 Å². The average Bonchev–Trinajstić information content (AvgIpc) is 2.95. The maximum Gasteiger partial charge on any atom is 0.377 e. The second kappa shape index (κ2) is 4.75. The summed E-state index contributed by atoms with van der Waals surface area (Å²) < 4.78 is 6.10. The molecule has 0 saturated carbocycles. The lowest BCUT2D eigenvalue weighted by Gasteiger charge is -2.16. The number of methoxy groups -OCH3 is 1. The molecule has 2 heterocycles. The molecule has 3 rings (SSSR count). The van der Waals surface area contributed by atoms with Crippen molar-refractivity contribution in [2.75, 3.05) is 7.11 Å². The highest BCUT2D eigenvalue weighted by molar-refractivity contribution is 5.84. The van der Waals surface area contributed by atoms with Gasteiger partial charge < -0.3 is 4.74 Å². The molecule has 2 aromatic heterocycles. The lowest BCUT2D eigenvalue weighted by Crippen LogP contribution is -2.13. The summed E-state index contributed by atoms with van der Waals surface area (Å²) in [7, 11) is 1.30. The number of fused-ring (bicyclic) bond motifs is 1. The summed E-state index contributed by atoms with van der Waals surface area (Å²) in [6.45, 7) is 0. The molecule has 0 spiro atoms. The monoisotopic (exact) mass is 259 g/mol. The summed E-state index contributed by atoms with van der Waals surface area (Å²) in [6, 6.07) is 0. The van der Waals surface area contributed by atoms with E-state index in [-0.39, 0.29) is 5.82 Å². The number of rotatable bonds is 2. The molecule has 0 atom stereocenters. The fourth-order valence-corrected chi connectivity index (χ4v) is 2.25. The number of carbonyl (C=O) groups excluding carboxylic acids is 1. The molecule has 0 saturated heterocycles. The molecular weight excluding hydrogens is 246 g/mol. The fraction of sp³-hybridized carbons (Fsp3) is 0.417. The van der Waals surface area contributed by atoms with Gasteiger partial charge in [-0.3, -0.25) is 0 Å². The van der Waals surface area contributed by atoms with E-state index in [1.807, 2.05) is 0 Å². The third kappa shape index (κ3) is 2.07. The lowest BCUT2D eigenvalue weighted by molar-refractivity contribution is 0.0587. The van der Waals surface area contributed by atoms with Gasteiger partial charge in [0.25, 0.3) is 5.82 Å². The minimum atomic E-state index is -0.554. The highest BCUT2D eigenvalue weighted by Crippen LogP contribution is 2.23. The SMILES string of the molecule is COC(=O)c1ncn(-c2ncnc3c2CCCC3)n1. The van der Waals surface area contributed by atoms with Gasteiger partial charge in [0, 0.05) is 11.3 Å². The third-order valence-electron chi connectivity index (χ3n) is 3.18. The Hall–Kier alpha value is -2.31. The Balaban J connectivity index is 2.02. The fourth-order valence-electron chi connectivity index (χ4n) is 2.25. The normalized spacial score (nSPS) is 13.9. The summed E-state index contributed by atoms with van der Waals surface area (Å²) in [5.41, 5.74) is 2.15. The van der Waals surface area contributed by atoms with Crippen LogP contribution in [-0.4, -0.2) is 37.8 Å². The number of hydrogen-bond donors (Lipinski definition) is 0. The molecule has 2 aromatic rings.